The van der Waals surface area contributed by atoms with Gasteiger partial charge in [0, 0.05) is 22.2 Å². The van der Waals surface area contributed by atoms with E-state index in [-0.39, 0.29) is 13.1 Å². The molecule has 2 aromatic rings. The number of aliphatic hydroxyl groups is 2. The van der Waals surface area contributed by atoms with E-state index in [2.05, 4.69) is 27.9 Å². The highest BCUT2D eigenvalue weighted by atomic mass is 127. The van der Waals surface area contributed by atoms with Crippen LogP contribution in [0.2, 0.25) is 0 Å². The molecule has 0 radical (unpaired) electrons. The van der Waals surface area contributed by atoms with E-state index in [0.29, 0.717) is 5.56 Å². The second-order valence-corrected chi connectivity index (χ2v) is 8.66. The molecule has 31 heavy (non-hydrogen) atoms. The van der Waals surface area contributed by atoms with Crippen LogP contribution < -0.4 is 5.32 Å². The third-order valence-electron chi connectivity index (χ3n) is 5.33. The van der Waals surface area contributed by atoms with Crippen LogP contribution in [0, 0.1) is 15.3 Å². The molecule has 3 N–H and O–H groups in total. The first-order valence-corrected chi connectivity index (χ1v) is 10.9. The van der Waals surface area contributed by atoms with Gasteiger partial charge in [0.05, 0.1) is 18.6 Å². The van der Waals surface area contributed by atoms with Crippen LogP contribution in [0.3, 0.4) is 0 Å². The second kappa shape index (κ2) is 10.4. The lowest BCUT2D eigenvalue weighted by molar-refractivity contribution is -0.144. The van der Waals surface area contributed by atoms with Crippen molar-refractivity contribution in [1.82, 2.24) is 10.2 Å². The Labute approximate surface area is 193 Å². The number of cyclic esters (lactones) is 1. The van der Waals surface area contributed by atoms with Crippen LogP contribution in [0.5, 0.6) is 0 Å². The molecule has 1 heterocycles. The molecule has 1 fully saturated rings. The largest absolute Gasteiger partial charge is 0.461 e. The van der Waals surface area contributed by atoms with Gasteiger partial charge in [0.15, 0.2) is 0 Å². The summed E-state index contributed by atoms with van der Waals surface area (Å²) in [5, 5.41) is 22.4. The summed E-state index contributed by atoms with van der Waals surface area (Å²) in [6.07, 6.45) is -1.93. The van der Waals surface area contributed by atoms with Gasteiger partial charge in [0.2, 0.25) is 0 Å². The van der Waals surface area contributed by atoms with Crippen molar-refractivity contribution in [2.75, 3.05) is 6.61 Å². The Balaban J connectivity index is 1.88. The van der Waals surface area contributed by atoms with Gasteiger partial charge >= 0.3 is 12.0 Å². The number of urea groups is 1. The fourth-order valence-corrected chi connectivity index (χ4v) is 4.08. The van der Waals surface area contributed by atoms with Gasteiger partial charge in [-0.2, -0.15) is 0 Å². The van der Waals surface area contributed by atoms with E-state index in [9.17, 15) is 24.2 Å². The summed E-state index contributed by atoms with van der Waals surface area (Å²) in [5.74, 6) is -1.91. The fraction of sp³-hybridized carbons (Fsp3) is 0.364. The Morgan fingerprint density at radius 3 is 2.58 bits per heavy atom. The lowest BCUT2D eigenvalue weighted by Gasteiger charge is -2.32. The maximum Gasteiger partial charge on any atom is 0.329 e. The van der Waals surface area contributed by atoms with Crippen molar-refractivity contribution >= 4 is 34.6 Å². The predicted octanol–water partition coefficient (Wildman–Crippen LogP) is 2.43. The van der Waals surface area contributed by atoms with E-state index in [1.165, 1.54) is 11.0 Å². The molecule has 3 rings (SSSR count). The van der Waals surface area contributed by atoms with Crippen molar-refractivity contribution in [3.63, 3.8) is 0 Å². The number of carbonyl (C=O) groups excluding carboxylic acids is 2. The van der Waals surface area contributed by atoms with E-state index >= 15 is 0 Å². The van der Waals surface area contributed by atoms with Crippen molar-refractivity contribution in [3.8, 4) is 0 Å². The Hall–Kier alpha value is -2.24. The molecular formula is C22H24FIN2O5. The molecule has 0 spiro atoms. The number of hydrogen-bond acceptors (Lipinski definition) is 5. The summed E-state index contributed by atoms with van der Waals surface area (Å²) in [6.45, 7) is 1.04. The van der Waals surface area contributed by atoms with Crippen LogP contribution in [0.4, 0.5) is 9.18 Å². The zero-order chi connectivity index (χ0) is 22.5. The fourth-order valence-electron chi connectivity index (χ4n) is 3.72. The molecule has 1 aliphatic heterocycles. The number of esters is 1. The maximum atomic E-state index is 14.0. The van der Waals surface area contributed by atoms with E-state index in [0.717, 1.165) is 9.13 Å². The molecular weight excluding hydrogens is 518 g/mol. The first kappa shape index (κ1) is 23.4. The number of halogens is 2. The van der Waals surface area contributed by atoms with Gasteiger partial charge in [-0.3, -0.25) is 0 Å². The van der Waals surface area contributed by atoms with E-state index in [4.69, 9.17) is 4.74 Å². The summed E-state index contributed by atoms with van der Waals surface area (Å²) < 4.78 is 20.3. The van der Waals surface area contributed by atoms with Crippen LogP contribution in [-0.4, -0.2) is 52.0 Å². The number of hydrogen-bond donors (Lipinski definition) is 3. The van der Waals surface area contributed by atoms with Crippen molar-refractivity contribution in [2.45, 2.75) is 38.3 Å². The van der Waals surface area contributed by atoms with Gasteiger partial charge in [-0.25, -0.2) is 14.0 Å². The standard InChI is InChI=1S/C22H24FIN2O5/c1-13-19(18(28)12-27)20(21(29)31-13)26(11-14-6-8-16(24)9-7-14)22(30)25-10-15-4-2-3-5-17(15)23/h2-9,13,18-20,27-28H,10-12H2,1H3,(H,25,30)/t13-,18-,19+,20-/m1/s1. The summed E-state index contributed by atoms with van der Waals surface area (Å²) in [4.78, 5) is 27.0. The smallest absolute Gasteiger partial charge is 0.329 e. The molecule has 0 aromatic heterocycles. The van der Waals surface area contributed by atoms with Gasteiger partial charge < -0.3 is 25.2 Å². The molecule has 1 saturated heterocycles. The SMILES string of the molecule is C[C@H]1OC(=O)[C@H](N(Cc2ccc(I)cc2)C(=O)NCc2ccccc2F)[C@@H]1[C@H](O)CO. The lowest BCUT2D eigenvalue weighted by atomic mass is 9.90. The minimum atomic E-state index is -1.25. The van der Waals surface area contributed by atoms with Crippen molar-refractivity contribution < 1.29 is 28.9 Å². The number of nitrogens with one attached hydrogen (secondary N) is 1. The highest BCUT2D eigenvalue weighted by molar-refractivity contribution is 14.1. The van der Waals surface area contributed by atoms with Gasteiger partial charge in [0.25, 0.3) is 0 Å². The Kier molecular flexibility index (Phi) is 7.84. The lowest BCUT2D eigenvalue weighted by Crippen LogP contribution is -2.53. The average Bonchev–Trinajstić information content (AvgIpc) is 3.05. The van der Waals surface area contributed by atoms with Crippen LogP contribution in [-0.2, 0) is 22.6 Å². The highest BCUT2D eigenvalue weighted by Gasteiger charge is 2.50. The molecule has 166 valence electrons. The Bertz CT molecular complexity index is 926. The van der Waals surface area contributed by atoms with Gasteiger partial charge in [-0.05, 0) is 53.3 Å². The van der Waals surface area contributed by atoms with E-state index in [1.807, 2.05) is 24.3 Å². The molecule has 9 heteroatoms. The number of ether oxygens (including phenoxy) is 1. The molecule has 2 aromatic carbocycles. The third kappa shape index (κ3) is 5.52. The van der Waals surface area contributed by atoms with Crippen molar-refractivity contribution in [3.05, 3.63) is 69.0 Å². The maximum absolute atomic E-state index is 14.0. The molecule has 0 saturated carbocycles. The van der Waals surface area contributed by atoms with Crippen LogP contribution in [0.15, 0.2) is 48.5 Å². The summed E-state index contributed by atoms with van der Waals surface area (Å²) in [6, 6.07) is 11.8. The van der Waals surface area contributed by atoms with Crippen molar-refractivity contribution in [2.24, 2.45) is 5.92 Å². The van der Waals surface area contributed by atoms with E-state index < -0.39 is 48.6 Å². The molecule has 0 bridgehead atoms. The first-order chi connectivity index (χ1) is 14.8. The van der Waals surface area contributed by atoms with Gasteiger partial charge in [-0.15, -0.1) is 0 Å². The topological polar surface area (TPSA) is 99.1 Å². The number of rotatable bonds is 7. The van der Waals surface area contributed by atoms with Gasteiger partial charge in [0.1, 0.15) is 18.0 Å². The number of aliphatic hydroxyl groups excluding tert-OH is 2. The van der Waals surface area contributed by atoms with Crippen LogP contribution in [0.1, 0.15) is 18.1 Å². The summed E-state index contributed by atoms with van der Waals surface area (Å²) in [7, 11) is 0. The quantitative estimate of drug-likeness (QED) is 0.369. The minimum absolute atomic E-state index is 0.0702. The van der Waals surface area contributed by atoms with Crippen LogP contribution in [0.25, 0.3) is 0 Å². The second-order valence-electron chi connectivity index (χ2n) is 7.42. The average molecular weight is 542 g/mol. The Morgan fingerprint density at radius 2 is 1.94 bits per heavy atom. The molecule has 2 amide bonds. The number of carbonyl (C=O) groups is 2. The number of benzene rings is 2. The molecule has 1 aliphatic rings. The third-order valence-corrected chi connectivity index (χ3v) is 6.05. The zero-order valence-corrected chi connectivity index (χ0v) is 19.0. The zero-order valence-electron chi connectivity index (χ0n) is 16.9. The molecule has 4 atom stereocenters. The monoisotopic (exact) mass is 542 g/mol. The summed E-state index contributed by atoms with van der Waals surface area (Å²) in [5.41, 5.74) is 1.07. The summed E-state index contributed by atoms with van der Waals surface area (Å²) >= 11 is 2.16. The normalized spacial score (nSPS) is 21.5. The number of nitrogens with zero attached hydrogens (tertiary/aromatic N) is 1. The van der Waals surface area contributed by atoms with Crippen molar-refractivity contribution in [1.29, 1.82) is 0 Å². The molecule has 0 unspecified atom stereocenters. The molecule has 0 aliphatic carbocycles. The first-order valence-electron chi connectivity index (χ1n) is 9.83. The molecule has 7 nitrogen and oxygen atoms in total. The van der Waals surface area contributed by atoms with E-state index in [1.54, 1.807) is 25.1 Å². The Morgan fingerprint density at radius 1 is 1.26 bits per heavy atom. The predicted molar refractivity (Wildman–Crippen MR) is 119 cm³/mol. The van der Waals surface area contributed by atoms with Crippen LogP contribution >= 0.6 is 22.6 Å². The highest BCUT2D eigenvalue weighted by Crippen LogP contribution is 2.31. The number of amides is 2. The minimum Gasteiger partial charge on any atom is -0.461 e. The van der Waals surface area contributed by atoms with Gasteiger partial charge in [-0.1, -0.05) is 30.3 Å².